The zero-order valence-corrected chi connectivity index (χ0v) is 7.82. The lowest BCUT2D eigenvalue weighted by atomic mass is 9.99. The molecule has 0 aromatic carbocycles. The first-order valence-electron chi connectivity index (χ1n) is 4.60. The molecule has 1 N–H and O–H groups in total. The predicted molar refractivity (Wildman–Crippen MR) is 47.3 cm³/mol. The van der Waals surface area contributed by atoms with Crippen LogP contribution in [0.1, 0.15) is 32.6 Å². The summed E-state index contributed by atoms with van der Waals surface area (Å²) in [7, 11) is 0. The average Bonchev–Trinajstić information content (AvgIpc) is 2.03. The third-order valence-electron chi connectivity index (χ3n) is 2.44. The van der Waals surface area contributed by atoms with Crippen LogP contribution < -0.4 is 0 Å². The van der Waals surface area contributed by atoms with Crippen molar-refractivity contribution in [2.75, 3.05) is 6.54 Å². The van der Waals surface area contributed by atoms with E-state index >= 15 is 0 Å². The lowest BCUT2D eigenvalue weighted by Gasteiger charge is -2.34. The van der Waals surface area contributed by atoms with E-state index in [0.29, 0.717) is 6.54 Å². The van der Waals surface area contributed by atoms with E-state index in [-0.39, 0.29) is 18.4 Å². The van der Waals surface area contributed by atoms with Crippen molar-refractivity contribution in [1.29, 1.82) is 0 Å². The molecule has 1 heterocycles. The maximum atomic E-state index is 11.1. The van der Waals surface area contributed by atoms with Crippen molar-refractivity contribution in [3.63, 3.8) is 0 Å². The Morgan fingerprint density at radius 3 is 2.69 bits per heavy atom. The van der Waals surface area contributed by atoms with Crippen LogP contribution >= 0.6 is 0 Å². The number of nitrogens with zero attached hydrogens (tertiary/aromatic N) is 1. The fourth-order valence-electron chi connectivity index (χ4n) is 1.83. The molecule has 1 unspecified atom stereocenters. The van der Waals surface area contributed by atoms with E-state index in [9.17, 15) is 9.59 Å². The zero-order chi connectivity index (χ0) is 9.84. The Balaban J connectivity index is 2.56. The van der Waals surface area contributed by atoms with Gasteiger partial charge in [-0.25, -0.2) is 0 Å². The Hall–Kier alpha value is -1.06. The molecule has 74 valence electrons. The molecule has 4 nitrogen and oxygen atoms in total. The second kappa shape index (κ2) is 4.25. The third-order valence-corrected chi connectivity index (χ3v) is 2.44. The molecule has 13 heavy (non-hydrogen) atoms. The number of piperidine rings is 1. The smallest absolute Gasteiger partial charge is 0.305 e. The highest BCUT2D eigenvalue weighted by molar-refractivity contribution is 5.75. The maximum Gasteiger partial charge on any atom is 0.305 e. The Bertz CT molecular complexity index is 215. The minimum Gasteiger partial charge on any atom is -0.481 e. The molecule has 4 heteroatoms. The zero-order valence-electron chi connectivity index (χ0n) is 7.82. The highest BCUT2D eigenvalue weighted by Crippen LogP contribution is 2.19. The van der Waals surface area contributed by atoms with E-state index < -0.39 is 5.97 Å². The van der Waals surface area contributed by atoms with Gasteiger partial charge in [-0.3, -0.25) is 9.59 Å². The Morgan fingerprint density at radius 2 is 2.15 bits per heavy atom. The van der Waals surface area contributed by atoms with Crippen LogP contribution in [0.2, 0.25) is 0 Å². The van der Waals surface area contributed by atoms with Crippen molar-refractivity contribution in [2.24, 2.45) is 0 Å². The molecule has 0 aliphatic carbocycles. The molecular weight excluding hydrogens is 170 g/mol. The van der Waals surface area contributed by atoms with E-state index in [1.165, 1.54) is 6.92 Å². The average molecular weight is 185 g/mol. The van der Waals surface area contributed by atoms with Gasteiger partial charge in [-0.1, -0.05) is 0 Å². The van der Waals surface area contributed by atoms with Gasteiger partial charge in [0.25, 0.3) is 0 Å². The van der Waals surface area contributed by atoms with Crippen molar-refractivity contribution in [3.05, 3.63) is 0 Å². The van der Waals surface area contributed by atoms with Crippen LogP contribution in [0.25, 0.3) is 0 Å². The van der Waals surface area contributed by atoms with Crippen molar-refractivity contribution in [3.8, 4) is 0 Å². The van der Waals surface area contributed by atoms with E-state index in [1.54, 1.807) is 4.90 Å². The number of rotatable bonds is 2. The number of hydrogen-bond donors (Lipinski definition) is 1. The fraction of sp³-hybridized carbons (Fsp3) is 0.778. The lowest BCUT2D eigenvalue weighted by Crippen LogP contribution is -2.43. The summed E-state index contributed by atoms with van der Waals surface area (Å²) in [5.74, 6) is -0.830. The first-order valence-corrected chi connectivity index (χ1v) is 4.60. The normalized spacial score (nSPS) is 22.8. The largest absolute Gasteiger partial charge is 0.481 e. The number of hydrogen-bond acceptors (Lipinski definition) is 2. The summed E-state index contributed by atoms with van der Waals surface area (Å²) in [6.45, 7) is 2.22. The summed E-state index contributed by atoms with van der Waals surface area (Å²) in [4.78, 5) is 23.3. The standard InChI is InChI=1S/C9H15NO3/c1-7(11)10-5-3-2-4-8(10)6-9(12)13/h8H,2-6H2,1H3,(H,12,13). The molecule has 0 spiro atoms. The molecule has 1 saturated heterocycles. The summed E-state index contributed by atoms with van der Waals surface area (Å²) in [5, 5.41) is 8.63. The van der Waals surface area contributed by atoms with Gasteiger partial charge >= 0.3 is 5.97 Å². The molecule has 0 aromatic rings. The molecule has 0 saturated carbocycles. The third kappa shape index (κ3) is 2.72. The summed E-state index contributed by atoms with van der Waals surface area (Å²) < 4.78 is 0. The second-order valence-corrected chi connectivity index (χ2v) is 3.46. The van der Waals surface area contributed by atoms with E-state index in [2.05, 4.69) is 0 Å². The molecule has 1 rings (SSSR count). The van der Waals surface area contributed by atoms with Crippen LogP contribution in [0, 0.1) is 0 Å². The molecular formula is C9H15NO3. The summed E-state index contributed by atoms with van der Waals surface area (Å²) in [6, 6.07) is -0.0799. The number of aliphatic carboxylic acids is 1. The van der Waals surface area contributed by atoms with Crippen molar-refractivity contribution < 1.29 is 14.7 Å². The van der Waals surface area contributed by atoms with Gasteiger partial charge in [-0.05, 0) is 19.3 Å². The number of likely N-dealkylation sites (tertiary alicyclic amines) is 1. The van der Waals surface area contributed by atoms with Gasteiger partial charge in [0.2, 0.25) is 5.91 Å². The highest BCUT2D eigenvalue weighted by atomic mass is 16.4. The Morgan fingerprint density at radius 1 is 1.46 bits per heavy atom. The molecule has 0 aromatic heterocycles. The molecule has 1 fully saturated rings. The summed E-state index contributed by atoms with van der Waals surface area (Å²) >= 11 is 0. The van der Waals surface area contributed by atoms with Gasteiger partial charge in [-0.2, -0.15) is 0 Å². The SMILES string of the molecule is CC(=O)N1CCCCC1CC(=O)O. The molecule has 1 amide bonds. The van der Waals surface area contributed by atoms with Gasteiger partial charge in [0.05, 0.1) is 6.42 Å². The monoisotopic (exact) mass is 185 g/mol. The molecule has 0 radical (unpaired) electrons. The van der Waals surface area contributed by atoms with Crippen LogP contribution in [0.3, 0.4) is 0 Å². The lowest BCUT2D eigenvalue weighted by molar-refractivity contribution is -0.141. The number of amides is 1. The van der Waals surface area contributed by atoms with Crippen molar-refractivity contribution in [1.82, 2.24) is 4.90 Å². The van der Waals surface area contributed by atoms with Gasteiger partial charge < -0.3 is 10.0 Å². The van der Waals surface area contributed by atoms with Gasteiger partial charge in [0, 0.05) is 19.5 Å². The molecule has 1 atom stereocenters. The molecule has 1 aliphatic heterocycles. The second-order valence-electron chi connectivity index (χ2n) is 3.46. The first kappa shape index (κ1) is 10.0. The van der Waals surface area contributed by atoms with Crippen LogP contribution in [0.15, 0.2) is 0 Å². The number of carboxylic acids is 1. The van der Waals surface area contributed by atoms with Crippen LogP contribution in [-0.4, -0.2) is 34.5 Å². The maximum absolute atomic E-state index is 11.1. The fourth-order valence-corrected chi connectivity index (χ4v) is 1.83. The minimum absolute atomic E-state index is 0.00838. The first-order chi connectivity index (χ1) is 6.11. The van der Waals surface area contributed by atoms with Gasteiger partial charge in [0.1, 0.15) is 0 Å². The van der Waals surface area contributed by atoms with Gasteiger partial charge in [-0.15, -0.1) is 0 Å². The van der Waals surface area contributed by atoms with Crippen molar-refractivity contribution in [2.45, 2.75) is 38.6 Å². The predicted octanol–water partition coefficient (Wildman–Crippen LogP) is 0.862. The minimum atomic E-state index is -0.821. The summed E-state index contributed by atoms with van der Waals surface area (Å²) in [5.41, 5.74) is 0. The Labute approximate surface area is 77.5 Å². The Kier molecular flexibility index (Phi) is 3.28. The van der Waals surface area contributed by atoms with Gasteiger partial charge in [0.15, 0.2) is 0 Å². The highest BCUT2D eigenvalue weighted by Gasteiger charge is 2.25. The quantitative estimate of drug-likeness (QED) is 0.694. The molecule has 1 aliphatic rings. The number of carbonyl (C=O) groups is 2. The van der Waals surface area contributed by atoms with Crippen LogP contribution in [0.5, 0.6) is 0 Å². The summed E-state index contributed by atoms with van der Waals surface area (Å²) in [6.07, 6.45) is 2.93. The van der Waals surface area contributed by atoms with Crippen LogP contribution in [0.4, 0.5) is 0 Å². The number of carboxylic acid groups (broad SMARTS) is 1. The topological polar surface area (TPSA) is 57.6 Å². The van der Waals surface area contributed by atoms with E-state index in [4.69, 9.17) is 5.11 Å². The van der Waals surface area contributed by atoms with Crippen molar-refractivity contribution >= 4 is 11.9 Å². The van der Waals surface area contributed by atoms with E-state index in [1.807, 2.05) is 0 Å². The molecule has 0 bridgehead atoms. The number of carbonyl (C=O) groups excluding carboxylic acids is 1. The van der Waals surface area contributed by atoms with Crippen LogP contribution in [-0.2, 0) is 9.59 Å². The van der Waals surface area contributed by atoms with E-state index in [0.717, 1.165) is 19.3 Å².